The van der Waals surface area contributed by atoms with E-state index in [4.69, 9.17) is 4.74 Å². The van der Waals surface area contributed by atoms with Gasteiger partial charge in [-0.3, -0.25) is 4.79 Å². The molecule has 1 aliphatic rings. The molecule has 0 spiro atoms. The molecule has 0 saturated carbocycles. The molecular weight excluding hydrogens is 390 g/mol. The molecule has 154 valence electrons. The minimum absolute atomic E-state index is 0. The largest absolute Gasteiger partial charge is 0.495 e. The Morgan fingerprint density at radius 2 is 1.93 bits per heavy atom. The quantitative estimate of drug-likeness (QED) is 0.704. The third-order valence-electron chi connectivity index (χ3n) is 4.49. The Bertz CT molecular complexity index is 732. The molecule has 7 nitrogen and oxygen atoms in total. The van der Waals surface area contributed by atoms with Gasteiger partial charge in [0.15, 0.2) is 0 Å². The van der Waals surface area contributed by atoms with E-state index in [2.05, 4.69) is 10.0 Å². The second-order valence-electron chi connectivity index (χ2n) is 6.93. The van der Waals surface area contributed by atoms with Crippen molar-refractivity contribution in [2.45, 2.75) is 37.6 Å². The number of piperidine rings is 1. The van der Waals surface area contributed by atoms with E-state index in [1.54, 1.807) is 24.8 Å². The number of rotatable bonds is 7. The van der Waals surface area contributed by atoms with Crippen molar-refractivity contribution in [1.29, 1.82) is 0 Å². The summed E-state index contributed by atoms with van der Waals surface area (Å²) in [6.45, 7) is 5.81. The number of nitrogens with one attached hydrogen (secondary N) is 2. The first-order chi connectivity index (χ1) is 12.3. The lowest BCUT2D eigenvalue weighted by molar-refractivity contribution is 0.0690. The number of hydrogen-bond donors (Lipinski definition) is 2. The Morgan fingerprint density at radius 1 is 1.30 bits per heavy atom. The van der Waals surface area contributed by atoms with Gasteiger partial charge in [0.05, 0.1) is 7.11 Å². The van der Waals surface area contributed by atoms with Gasteiger partial charge >= 0.3 is 0 Å². The molecule has 1 amide bonds. The average molecular weight is 420 g/mol. The molecule has 0 aromatic heterocycles. The van der Waals surface area contributed by atoms with Crippen molar-refractivity contribution < 1.29 is 17.9 Å². The second-order valence-corrected chi connectivity index (χ2v) is 8.62. The van der Waals surface area contributed by atoms with Crippen LogP contribution in [0.5, 0.6) is 5.75 Å². The maximum Gasteiger partial charge on any atom is 0.253 e. The molecule has 1 aliphatic heterocycles. The Morgan fingerprint density at radius 3 is 2.44 bits per heavy atom. The van der Waals surface area contributed by atoms with Gasteiger partial charge in [-0.1, -0.05) is 0 Å². The van der Waals surface area contributed by atoms with E-state index in [0.29, 0.717) is 24.6 Å². The number of carbonyl (C=O) groups excluding carboxylic acids is 1. The highest BCUT2D eigenvalue weighted by Crippen LogP contribution is 2.26. The number of ether oxygens (including phenoxy) is 1. The molecular formula is C18H30ClN3O4S. The van der Waals surface area contributed by atoms with Crippen molar-refractivity contribution in [3.05, 3.63) is 23.8 Å². The summed E-state index contributed by atoms with van der Waals surface area (Å²) in [6, 6.07) is 4.31. The number of sulfonamides is 1. The van der Waals surface area contributed by atoms with Crippen LogP contribution < -0.4 is 14.8 Å². The fourth-order valence-corrected chi connectivity index (χ4v) is 4.65. The van der Waals surface area contributed by atoms with E-state index in [1.807, 2.05) is 7.05 Å². The molecule has 1 fully saturated rings. The fourth-order valence-electron chi connectivity index (χ4n) is 3.20. The first kappa shape index (κ1) is 23.7. The van der Waals surface area contributed by atoms with Crippen molar-refractivity contribution in [3.63, 3.8) is 0 Å². The van der Waals surface area contributed by atoms with Crippen molar-refractivity contribution in [3.8, 4) is 5.75 Å². The van der Waals surface area contributed by atoms with Crippen LogP contribution in [0.2, 0.25) is 0 Å². The smallest absolute Gasteiger partial charge is 0.253 e. The molecule has 9 heteroatoms. The Kier molecular flexibility index (Phi) is 9.01. The van der Waals surface area contributed by atoms with Gasteiger partial charge in [0.1, 0.15) is 10.6 Å². The first-order valence-electron chi connectivity index (χ1n) is 8.92. The summed E-state index contributed by atoms with van der Waals surface area (Å²) < 4.78 is 32.9. The molecule has 1 aromatic rings. The Labute approximate surface area is 168 Å². The predicted octanol–water partition coefficient (Wildman–Crippen LogP) is 1.88. The van der Waals surface area contributed by atoms with Crippen LogP contribution in [0.25, 0.3) is 0 Å². The Hall–Kier alpha value is -1.35. The summed E-state index contributed by atoms with van der Waals surface area (Å²) in [5, 5.41) is 3.17. The number of likely N-dealkylation sites (tertiary alicyclic amines) is 1. The van der Waals surface area contributed by atoms with Crippen molar-refractivity contribution in [2.24, 2.45) is 5.92 Å². The van der Waals surface area contributed by atoms with Gasteiger partial charge in [0.2, 0.25) is 10.0 Å². The third kappa shape index (κ3) is 6.07. The molecule has 0 unspecified atom stereocenters. The molecule has 1 heterocycles. The van der Waals surface area contributed by atoms with Gasteiger partial charge in [-0.05, 0) is 64.4 Å². The molecule has 0 atom stereocenters. The lowest BCUT2D eigenvalue weighted by Crippen LogP contribution is -2.40. The van der Waals surface area contributed by atoms with E-state index < -0.39 is 10.0 Å². The van der Waals surface area contributed by atoms with Crippen molar-refractivity contribution in [2.75, 3.05) is 33.8 Å². The van der Waals surface area contributed by atoms with E-state index in [0.717, 1.165) is 19.4 Å². The van der Waals surface area contributed by atoms with Crippen LogP contribution >= 0.6 is 12.4 Å². The van der Waals surface area contributed by atoms with Gasteiger partial charge in [-0.2, -0.15) is 0 Å². The van der Waals surface area contributed by atoms with E-state index in [-0.39, 0.29) is 35.0 Å². The van der Waals surface area contributed by atoms with Gasteiger partial charge in [0.25, 0.3) is 5.91 Å². The normalized spacial score (nSPS) is 15.5. The number of methoxy groups -OCH3 is 1. The summed E-state index contributed by atoms with van der Waals surface area (Å²) in [6.07, 6.45) is 1.89. The van der Waals surface area contributed by atoms with E-state index >= 15 is 0 Å². The summed E-state index contributed by atoms with van der Waals surface area (Å²) in [5.74, 6) is 0.657. The summed E-state index contributed by atoms with van der Waals surface area (Å²) >= 11 is 0. The predicted molar refractivity (Wildman–Crippen MR) is 108 cm³/mol. The van der Waals surface area contributed by atoms with E-state index in [9.17, 15) is 13.2 Å². The highest BCUT2D eigenvalue weighted by Gasteiger charge is 2.26. The number of carbonyl (C=O) groups is 1. The van der Waals surface area contributed by atoms with Crippen LogP contribution in [-0.4, -0.2) is 59.1 Å². The van der Waals surface area contributed by atoms with Crippen LogP contribution in [0, 0.1) is 5.92 Å². The third-order valence-corrected chi connectivity index (χ3v) is 6.17. The van der Waals surface area contributed by atoms with Crippen LogP contribution in [0.15, 0.2) is 23.1 Å². The number of halogens is 1. The molecule has 2 rings (SSSR count). The molecule has 1 saturated heterocycles. The van der Waals surface area contributed by atoms with Crippen LogP contribution in [0.4, 0.5) is 0 Å². The molecule has 27 heavy (non-hydrogen) atoms. The Balaban J connectivity index is 0.00000364. The van der Waals surface area contributed by atoms with E-state index in [1.165, 1.54) is 19.2 Å². The second kappa shape index (κ2) is 10.3. The SMILES string of the molecule is CNCC1CCN(C(=O)c2ccc(OC)c(S(=O)(=O)NC(C)C)c2)CC1.Cl. The van der Waals surface area contributed by atoms with Crippen LogP contribution in [0.3, 0.4) is 0 Å². The van der Waals surface area contributed by atoms with Gasteiger partial charge in [-0.25, -0.2) is 13.1 Å². The highest BCUT2D eigenvalue weighted by atomic mass is 35.5. The first-order valence-corrected chi connectivity index (χ1v) is 10.4. The molecule has 0 bridgehead atoms. The number of nitrogens with zero attached hydrogens (tertiary/aromatic N) is 1. The summed E-state index contributed by atoms with van der Waals surface area (Å²) in [4.78, 5) is 14.6. The van der Waals surface area contributed by atoms with Crippen LogP contribution in [-0.2, 0) is 10.0 Å². The zero-order chi connectivity index (χ0) is 19.3. The topological polar surface area (TPSA) is 87.7 Å². The lowest BCUT2D eigenvalue weighted by atomic mass is 9.96. The monoisotopic (exact) mass is 419 g/mol. The minimum atomic E-state index is -3.76. The average Bonchev–Trinajstić information content (AvgIpc) is 2.60. The van der Waals surface area contributed by atoms with Gasteiger partial charge < -0.3 is 15.0 Å². The molecule has 0 aliphatic carbocycles. The molecule has 2 N–H and O–H groups in total. The molecule has 1 aromatic carbocycles. The molecule has 0 radical (unpaired) electrons. The maximum atomic E-state index is 12.8. The maximum absolute atomic E-state index is 12.8. The number of hydrogen-bond acceptors (Lipinski definition) is 5. The van der Waals surface area contributed by atoms with Crippen LogP contribution in [0.1, 0.15) is 37.0 Å². The summed E-state index contributed by atoms with van der Waals surface area (Å²) in [5.41, 5.74) is 0.363. The standard InChI is InChI=1S/C18H29N3O4S.ClH/c1-13(2)20-26(23,24)17-11-15(5-6-16(17)25-4)18(22)21-9-7-14(8-10-21)12-19-3;/h5-6,11,13-14,19-20H,7-10,12H2,1-4H3;1H. The number of benzene rings is 1. The van der Waals surface area contributed by atoms with Crippen molar-refractivity contribution >= 4 is 28.3 Å². The minimum Gasteiger partial charge on any atom is -0.495 e. The zero-order valence-electron chi connectivity index (χ0n) is 16.3. The lowest BCUT2D eigenvalue weighted by Gasteiger charge is -2.32. The van der Waals surface area contributed by atoms with Crippen molar-refractivity contribution in [1.82, 2.24) is 14.9 Å². The summed E-state index contributed by atoms with van der Waals surface area (Å²) in [7, 11) is -0.412. The fraction of sp³-hybridized carbons (Fsp3) is 0.611. The van der Waals surface area contributed by atoms with Gasteiger partial charge in [-0.15, -0.1) is 12.4 Å². The highest BCUT2D eigenvalue weighted by molar-refractivity contribution is 7.89. The number of amides is 1. The zero-order valence-corrected chi connectivity index (χ0v) is 18.0. The van der Waals surface area contributed by atoms with Gasteiger partial charge in [0, 0.05) is 24.7 Å².